The van der Waals surface area contributed by atoms with Gasteiger partial charge in [-0.05, 0) is 13.8 Å². The summed E-state index contributed by atoms with van der Waals surface area (Å²) in [4.78, 5) is 13.4. The molecule has 0 aromatic carbocycles. The smallest absolute Gasteiger partial charge is 0.159 e. The lowest BCUT2D eigenvalue weighted by molar-refractivity contribution is -0.113. The van der Waals surface area contributed by atoms with Gasteiger partial charge in [0.05, 0.1) is 6.04 Å². The molecule has 0 radical (unpaired) electrons. The number of rotatable bonds is 1. The third-order valence-corrected chi connectivity index (χ3v) is 3.08. The van der Waals surface area contributed by atoms with E-state index in [1.807, 2.05) is 6.08 Å². The molecule has 2 heteroatoms. The second-order valence-corrected chi connectivity index (χ2v) is 4.02. The van der Waals surface area contributed by atoms with E-state index >= 15 is 0 Å². The predicted octanol–water partition coefficient (Wildman–Crippen LogP) is 1.91. The molecule has 0 saturated heterocycles. The molecule has 0 N–H and O–H groups in total. The van der Waals surface area contributed by atoms with Crippen molar-refractivity contribution >= 4 is 5.78 Å². The normalized spacial score (nSPS) is 29.8. The van der Waals surface area contributed by atoms with Crippen LogP contribution in [0, 0.1) is 5.92 Å². The summed E-state index contributed by atoms with van der Waals surface area (Å²) in [5.74, 6) is 0.532. The van der Waals surface area contributed by atoms with Crippen LogP contribution in [0.4, 0.5) is 0 Å². The lowest BCUT2D eigenvalue weighted by atomic mass is 9.92. The van der Waals surface area contributed by atoms with E-state index in [0.29, 0.717) is 12.0 Å². The number of carbonyl (C=O) groups excluding carboxylic acids is 1. The molecule has 2 rings (SSSR count). The molecule has 14 heavy (non-hydrogen) atoms. The second-order valence-electron chi connectivity index (χ2n) is 4.02. The van der Waals surface area contributed by atoms with Crippen LogP contribution in [0.25, 0.3) is 0 Å². The van der Waals surface area contributed by atoms with Gasteiger partial charge in [-0.1, -0.05) is 24.3 Å². The summed E-state index contributed by atoms with van der Waals surface area (Å²) in [6.45, 7) is 3.72. The summed E-state index contributed by atoms with van der Waals surface area (Å²) < 4.78 is 0. The van der Waals surface area contributed by atoms with Crippen LogP contribution in [0.5, 0.6) is 0 Å². The molecule has 1 aliphatic carbocycles. The maximum Gasteiger partial charge on any atom is 0.159 e. The molecule has 1 aliphatic heterocycles. The lowest BCUT2D eigenvalue weighted by Gasteiger charge is -2.26. The molecular weight excluding hydrogens is 174 g/mol. The first kappa shape index (κ1) is 9.25. The summed E-state index contributed by atoms with van der Waals surface area (Å²) >= 11 is 0. The van der Waals surface area contributed by atoms with E-state index in [0.717, 1.165) is 5.57 Å². The van der Waals surface area contributed by atoms with Crippen molar-refractivity contribution in [2.24, 2.45) is 5.92 Å². The molecule has 1 heterocycles. The van der Waals surface area contributed by atoms with Gasteiger partial charge >= 0.3 is 0 Å². The Kier molecular flexibility index (Phi) is 2.06. The third kappa shape index (κ3) is 1.31. The van der Waals surface area contributed by atoms with Gasteiger partial charge in [-0.2, -0.15) is 0 Å². The monoisotopic (exact) mass is 189 g/mol. The average molecular weight is 189 g/mol. The van der Waals surface area contributed by atoms with E-state index in [1.165, 1.54) is 5.70 Å². The first-order chi connectivity index (χ1) is 6.59. The number of hydrogen-bond acceptors (Lipinski definition) is 2. The van der Waals surface area contributed by atoms with Crippen molar-refractivity contribution in [3.8, 4) is 0 Å². The summed E-state index contributed by atoms with van der Waals surface area (Å²) in [6, 6.07) is 0.415. The summed E-state index contributed by atoms with van der Waals surface area (Å²) in [6.07, 6.45) is 8.35. The molecular formula is C12H15NO. The lowest BCUT2D eigenvalue weighted by Crippen LogP contribution is -2.29. The number of ketones is 1. The van der Waals surface area contributed by atoms with Crippen LogP contribution in [0.3, 0.4) is 0 Å². The Balaban J connectivity index is 2.29. The van der Waals surface area contributed by atoms with Crippen LogP contribution in [0.1, 0.15) is 13.8 Å². The highest BCUT2D eigenvalue weighted by atomic mass is 16.1. The van der Waals surface area contributed by atoms with Crippen molar-refractivity contribution < 1.29 is 4.79 Å². The van der Waals surface area contributed by atoms with Crippen molar-refractivity contribution in [3.05, 3.63) is 35.6 Å². The minimum Gasteiger partial charge on any atom is -0.371 e. The molecule has 2 nitrogen and oxygen atoms in total. The van der Waals surface area contributed by atoms with Crippen molar-refractivity contribution in [2.45, 2.75) is 19.9 Å². The highest BCUT2D eigenvalue weighted by Gasteiger charge is 2.29. The van der Waals surface area contributed by atoms with Gasteiger partial charge in [0.1, 0.15) is 0 Å². The van der Waals surface area contributed by atoms with Gasteiger partial charge in [-0.25, -0.2) is 0 Å². The number of carbonyl (C=O) groups is 1. The van der Waals surface area contributed by atoms with Crippen LogP contribution in [-0.2, 0) is 4.79 Å². The fourth-order valence-electron chi connectivity index (χ4n) is 2.09. The second kappa shape index (κ2) is 3.12. The number of hydrogen-bond donors (Lipinski definition) is 0. The molecule has 74 valence electrons. The van der Waals surface area contributed by atoms with Gasteiger partial charge < -0.3 is 4.90 Å². The van der Waals surface area contributed by atoms with Crippen molar-refractivity contribution in [1.82, 2.24) is 4.90 Å². The number of allylic oxidation sites excluding steroid dienone is 3. The summed E-state index contributed by atoms with van der Waals surface area (Å²) in [5.41, 5.74) is 2.12. The van der Waals surface area contributed by atoms with Crippen LogP contribution in [0.15, 0.2) is 35.6 Å². The predicted molar refractivity (Wildman–Crippen MR) is 56.7 cm³/mol. The van der Waals surface area contributed by atoms with E-state index in [9.17, 15) is 4.79 Å². The molecule has 0 amide bonds. The van der Waals surface area contributed by atoms with Crippen LogP contribution >= 0.6 is 0 Å². The minimum absolute atomic E-state index is 0.153. The molecule has 0 fully saturated rings. The van der Waals surface area contributed by atoms with Crippen LogP contribution in [0.2, 0.25) is 0 Å². The van der Waals surface area contributed by atoms with Gasteiger partial charge in [0.15, 0.2) is 5.78 Å². The van der Waals surface area contributed by atoms with Gasteiger partial charge in [0.25, 0.3) is 0 Å². The topological polar surface area (TPSA) is 20.3 Å². The van der Waals surface area contributed by atoms with Crippen LogP contribution in [-0.4, -0.2) is 23.8 Å². The quantitative estimate of drug-likeness (QED) is 0.628. The Hall–Kier alpha value is -1.31. The maximum atomic E-state index is 11.2. The highest BCUT2D eigenvalue weighted by molar-refractivity contribution is 5.96. The van der Waals surface area contributed by atoms with Gasteiger partial charge in [0, 0.05) is 24.2 Å². The Morgan fingerprint density at radius 2 is 2.14 bits per heavy atom. The molecule has 0 saturated carbocycles. The average Bonchev–Trinajstić information content (AvgIpc) is 2.42. The number of Topliss-reactive ketones (excluding diaryl/α,β-unsaturated/α-hetero) is 1. The maximum absolute atomic E-state index is 11.2. The SMILES string of the molecule is CC(=O)C1=CC2C=C(C)N(C)C2C=C1. The van der Waals surface area contributed by atoms with Crippen LogP contribution < -0.4 is 0 Å². The zero-order chi connectivity index (χ0) is 10.3. The Morgan fingerprint density at radius 3 is 2.79 bits per heavy atom. The largest absolute Gasteiger partial charge is 0.371 e. The first-order valence-corrected chi connectivity index (χ1v) is 4.92. The summed E-state index contributed by atoms with van der Waals surface area (Å²) in [7, 11) is 2.09. The van der Waals surface area contributed by atoms with E-state index in [2.05, 4.69) is 37.1 Å². The molecule has 0 bridgehead atoms. The van der Waals surface area contributed by atoms with Gasteiger partial charge in [-0.15, -0.1) is 0 Å². The van der Waals surface area contributed by atoms with E-state index in [-0.39, 0.29) is 5.78 Å². The van der Waals surface area contributed by atoms with Crippen molar-refractivity contribution in [1.29, 1.82) is 0 Å². The Morgan fingerprint density at radius 1 is 1.43 bits per heavy atom. The van der Waals surface area contributed by atoms with E-state index in [4.69, 9.17) is 0 Å². The first-order valence-electron chi connectivity index (χ1n) is 4.92. The molecule has 2 unspecified atom stereocenters. The fourth-order valence-corrected chi connectivity index (χ4v) is 2.09. The Labute approximate surface area is 84.6 Å². The molecule has 2 atom stereocenters. The number of fused-ring (bicyclic) bond motifs is 1. The Bertz CT molecular complexity index is 363. The van der Waals surface area contributed by atoms with Crippen molar-refractivity contribution in [3.63, 3.8) is 0 Å². The van der Waals surface area contributed by atoms with Crippen molar-refractivity contribution in [2.75, 3.05) is 7.05 Å². The number of likely N-dealkylation sites (N-methyl/N-ethyl adjacent to an activating group) is 1. The molecule has 0 aromatic rings. The zero-order valence-corrected chi connectivity index (χ0v) is 8.82. The third-order valence-electron chi connectivity index (χ3n) is 3.08. The molecule has 0 aromatic heterocycles. The standard InChI is InChI=1S/C12H15NO/c1-8-6-11-7-10(9(2)14)4-5-12(11)13(8)3/h4-7,11-12H,1-3H3. The minimum atomic E-state index is 0.153. The summed E-state index contributed by atoms with van der Waals surface area (Å²) in [5, 5.41) is 0. The fraction of sp³-hybridized carbons (Fsp3) is 0.417. The highest BCUT2D eigenvalue weighted by Crippen LogP contribution is 2.31. The van der Waals surface area contributed by atoms with E-state index in [1.54, 1.807) is 6.92 Å². The van der Waals surface area contributed by atoms with Gasteiger partial charge in [0.2, 0.25) is 0 Å². The molecule has 2 aliphatic rings. The number of nitrogens with zero attached hydrogens (tertiary/aromatic N) is 1. The molecule has 0 spiro atoms. The van der Waals surface area contributed by atoms with Gasteiger partial charge in [-0.3, -0.25) is 4.79 Å². The van der Waals surface area contributed by atoms with E-state index < -0.39 is 0 Å². The zero-order valence-electron chi connectivity index (χ0n) is 8.82.